The molecule has 0 aliphatic heterocycles. The summed E-state index contributed by atoms with van der Waals surface area (Å²) >= 11 is 12.2. The lowest BCUT2D eigenvalue weighted by Crippen LogP contribution is -2.13. The third-order valence-electron chi connectivity index (χ3n) is 4.49. The Morgan fingerprint density at radius 3 is 2.41 bits per heavy atom. The lowest BCUT2D eigenvalue weighted by atomic mass is 10.1. The molecule has 0 unspecified atom stereocenters. The fourth-order valence-corrected chi connectivity index (χ4v) is 3.53. The smallest absolute Gasteiger partial charge is 0.303 e. The molecule has 3 aromatic rings. The maximum atomic E-state index is 13.1. The van der Waals surface area contributed by atoms with Gasteiger partial charge in [0.1, 0.15) is 5.75 Å². The Bertz CT molecular complexity index is 1040. The maximum absolute atomic E-state index is 13.1. The van der Waals surface area contributed by atoms with Gasteiger partial charge in [-0.3, -0.25) is 14.2 Å². The molecule has 27 heavy (non-hydrogen) atoms. The van der Waals surface area contributed by atoms with E-state index in [9.17, 15) is 9.59 Å². The topological polar surface area (TPSA) is 68.5 Å². The van der Waals surface area contributed by atoms with E-state index in [0.717, 1.165) is 10.9 Å². The van der Waals surface area contributed by atoms with E-state index in [1.807, 2.05) is 0 Å². The Hall–Kier alpha value is -2.50. The van der Waals surface area contributed by atoms with E-state index in [0.29, 0.717) is 39.0 Å². The Balaban J connectivity index is 2.23. The van der Waals surface area contributed by atoms with Crippen molar-refractivity contribution >= 4 is 46.0 Å². The minimum atomic E-state index is -0.903. The number of benzene rings is 2. The molecule has 0 saturated heterocycles. The van der Waals surface area contributed by atoms with Gasteiger partial charge in [0.2, 0.25) is 0 Å². The summed E-state index contributed by atoms with van der Waals surface area (Å²) in [5.74, 6) is -0.672. The molecule has 0 fully saturated rings. The molecule has 0 saturated carbocycles. The van der Waals surface area contributed by atoms with Crippen molar-refractivity contribution in [3.63, 3.8) is 0 Å². The second-order valence-corrected chi connectivity index (χ2v) is 6.95. The van der Waals surface area contributed by atoms with Crippen molar-refractivity contribution in [2.75, 3.05) is 7.11 Å². The summed E-state index contributed by atoms with van der Waals surface area (Å²) in [6, 6.07) is 10.0. The third kappa shape index (κ3) is 3.66. The molecule has 0 spiro atoms. The van der Waals surface area contributed by atoms with Gasteiger partial charge in [0.05, 0.1) is 17.6 Å². The zero-order valence-electron chi connectivity index (χ0n) is 14.8. The van der Waals surface area contributed by atoms with Crippen molar-refractivity contribution < 1.29 is 19.4 Å². The SMILES string of the molecule is COc1cc2c(CCC(=O)O)c(C)n(C(=O)c3ccc(Cl)cc3)c2cc1Cl. The number of carbonyl (C=O) groups excluding carboxylic acids is 1. The first-order valence-electron chi connectivity index (χ1n) is 8.23. The van der Waals surface area contributed by atoms with Crippen molar-refractivity contribution in [3.05, 3.63) is 63.3 Å². The molecule has 0 aliphatic rings. The number of aryl methyl sites for hydroxylation is 1. The molecule has 1 aromatic heterocycles. The van der Waals surface area contributed by atoms with Gasteiger partial charge in [-0.25, -0.2) is 0 Å². The number of hydrogen-bond acceptors (Lipinski definition) is 3. The van der Waals surface area contributed by atoms with Crippen LogP contribution in [-0.2, 0) is 11.2 Å². The quantitative estimate of drug-likeness (QED) is 0.650. The van der Waals surface area contributed by atoms with Crippen LogP contribution in [0.25, 0.3) is 10.9 Å². The summed E-state index contributed by atoms with van der Waals surface area (Å²) in [6.07, 6.45) is 0.253. The molecule has 0 bridgehead atoms. The van der Waals surface area contributed by atoms with Crippen LogP contribution in [-0.4, -0.2) is 28.7 Å². The van der Waals surface area contributed by atoms with Crippen molar-refractivity contribution in [3.8, 4) is 5.75 Å². The molecule has 0 atom stereocenters. The highest BCUT2D eigenvalue weighted by Gasteiger charge is 2.22. The predicted octanol–water partition coefficient (Wildman–Crippen LogP) is 4.97. The number of halogens is 2. The average molecular weight is 406 g/mol. The highest BCUT2D eigenvalue weighted by atomic mass is 35.5. The van der Waals surface area contributed by atoms with E-state index in [1.54, 1.807) is 47.9 Å². The van der Waals surface area contributed by atoms with Crippen LogP contribution in [0.15, 0.2) is 36.4 Å². The van der Waals surface area contributed by atoms with Gasteiger partial charge in [0.25, 0.3) is 5.91 Å². The van der Waals surface area contributed by atoms with Crippen LogP contribution < -0.4 is 4.74 Å². The molecule has 5 nitrogen and oxygen atoms in total. The van der Waals surface area contributed by atoms with Crippen LogP contribution in [0.1, 0.15) is 28.0 Å². The van der Waals surface area contributed by atoms with Gasteiger partial charge >= 0.3 is 5.97 Å². The minimum absolute atomic E-state index is 0.0416. The van der Waals surface area contributed by atoms with Gasteiger partial charge in [-0.2, -0.15) is 0 Å². The normalized spacial score (nSPS) is 11.0. The van der Waals surface area contributed by atoms with Gasteiger partial charge in [-0.1, -0.05) is 23.2 Å². The van der Waals surface area contributed by atoms with Crippen molar-refractivity contribution in [1.29, 1.82) is 0 Å². The fraction of sp³-hybridized carbons (Fsp3) is 0.200. The van der Waals surface area contributed by atoms with Gasteiger partial charge in [-0.05, 0) is 55.3 Å². The lowest BCUT2D eigenvalue weighted by molar-refractivity contribution is -0.136. The summed E-state index contributed by atoms with van der Waals surface area (Å²) in [4.78, 5) is 24.2. The number of carboxylic acids is 1. The Morgan fingerprint density at radius 2 is 1.81 bits per heavy atom. The molecule has 0 radical (unpaired) electrons. The Labute approximate surface area is 166 Å². The number of ether oxygens (including phenoxy) is 1. The minimum Gasteiger partial charge on any atom is -0.495 e. The van der Waals surface area contributed by atoms with Crippen LogP contribution >= 0.6 is 23.2 Å². The van der Waals surface area contributed by atoms with E-state index >= 15 is 0 Å². The summed E-state index contributed by atoms with van der Waals surface area (Å²) in [5.41, 5.74) is 2.54. The number of aliphatic carboxylic acids is 1. The molecule has 1 N–H and O–H groups in total. The summed E-state index contributed by atoms with van der Waals surface area (Å²) in [7, 11) is 1.51. The van der Waals surface area contributed by atoms with Crippen molar-refractivity contribution in [2.45, 2.75) is 19.8 Å². The number of hydrogen-bond donors (Lipinski definition) is 1. The van der Waals surface area contributed by atoms with E-state index < -0.39 is 5.97 Å². The number of methoxy groups -OCH3 is 1. The predicted molar refractivity (Wildman–Crippen MR) is 105 cm³/mol. The number of aromatic nitrogens is 1. The number of nitrogens with zero attached hydrogens (tertiary/aromatic N) is 1. The molecule has 3 rings (SSSR count). The first-order chi connectivity index (χ1) is 12.8. The second kappa shape index (κ2) is 7.62. The summed E-state index contributed by atoms with van der Waals surface area (Å²) < 4.78 is 6.84. The number of fused-ring (bicyclic) bond motifs is 1. The van der Waals surface area contributed by atoms with Gasteiger partial charge < -0.3 is 9.84 Å². The van der Waals surface area contributed by atoms with Crippen LogP contribution in [0.2, 0.25) is 10.0 Å². The van der Waals surface area contributed by atoms with Gasteiger partial charge in [-0.15, -0.1) is 0 Å². The van der Waals surface area contributed by atoms with Gasteiger partial charge in [0.15, 0.2) is 0 Å². The summed E-state index contributed by atoms with van der Waals surface area (Å²) in [5, 5.41) is 10.7. The molecule has 7 heteroatoms. The molecule has 1 heterocycles. The molecular formula is C20H17Cl2NO4. The Kier molecular flexibility index (Phi) is 5.44. The monoisotopic (exact) mass is 405 g/mol. The molecule has 0 amide bonds. The molecule has 0 aliphatic carbocycles. The number of carboxylic acid groups (broad SMARTS) is 1. The van der Waals surface area contributed by atoms with Gasteiger partial charge in [0, 0.05) is 28.1 Å². The van der Waals surface area contributed by atoms with Crippen molar-refractivity contribution in [1.82, 2.24) is 4.57 Å². The fourth-order valence-electron chi connectivity index (χ4n) is 3.17. The third-order valence-corrected chi connectivity index (χ3v) is 5.04. The first-order valence-corrected chi connectivity index (χ1v) is 8.98. The average Bonchev–Trinajstić information content (AvgIpc) is 2.89. The van der Waals surface area contributed by atoms with E-state index in [1.165, 1.54) is 7.11 Å². The Morgan fingerprint density at radius 1 is 1.15 bits per heavy atom. The first kappa shape index (κ1) is 19.3. The lowest BCUT2D eigenvalue weighted by Gasteiger charge is -2.09. The maximum Gasteiger partial charge on any atom is 0.303 e. The number of rotatable bonds is 5. The highest BCUT2D eigenvalue weighted by molar-refractivity contribution is 6.33. The zero-order chi connectivity index (χ0) is 19.7. The highest BCUT2D eigenvalue weighted by Crippen LogP contribution is 2.35. The second-order valence-electron chi connectivity index (χ2n) is 6.11. The van der Waals surface area contributed by atoms with Crippen LogP contribution in [0.5, 0.6) is 5.75 Å². The number of carbonyl (C=O) groups is 2. The molecular weight excluding hydrogens is 389 g/mol. The molecule has 2 aromatic carbocycles. The standard InChI is InChI=1S/C20H17Cl2NO4/c1-11-14(7-8-19(24)25)15-9-18(27-2)16(22)10-17(15)23(11)20(26)12-3-5-13(21)6-4-12/h3-6,9-10H,7-8H2,1-2H3,(H,24,25). The zero-order valence-corrected chi connectivity index (χ0v) is 16.3. The molecule has 140 valence electrons. The van der Waals surface area contributed by atoms with Crippen LogP contribution in [0.4, 0.5) is 0 Å². The van der Waals surface area contributed by atoms with E-state index in [-0.39, 0.29) is 12.3 Å². The largest absolute Gasteiger partial charge is 0.495 e. The van der Waals surface area contributed by atoms with E-state index in [4.69, 9.17) is 33.0 Å². The van der Waals surface area contributed by atoms with Crippen LogP contribution in [0, 0.1) is 6.92 Å². The van der Waals surface area contributed by atoms with Crippen molar-refractivity contribution in [2.24, 2.45) is 0 Å². The van der Waals surface area contributed by atoms with E-state index in [2.05, 4.69) is 0 Å². The summed E-state index contributed by atoms with van der Waals surface area (Å²) in [6.45, 7) is 1.80. The van der Waals surface area contributed by atoms with Crippen LogP contribution in [0.3, 0.4) is 0 Å².